The van der Waals surface area contributed by atoms with Crippen LogP contribution in [-0.2, 0) is 22.6 Å². The van der Waals surface area contributed by atoms with E-state index in [1.54, 1.807) is 30.2 Å². The molecule has 0 saturated carbocycles. The molecule has 0 unspecified atom stereocenters. The van der Waals surface area contributed by atoms with Crippen molar-refractivity contribution in [2.24, 2.45) is 0 Å². The van der Waals surface area contributed by atoms with E-state index in [0.717, 1.165) is 5.56 Å². The van der Waals surface area contributed by atoms with E-state index in [1.807, 2.05) is 38.1 Å². The minimum absolute atomic E-state index is 0.0792. The van der Waals surface area contributed by atoms with Gasteiger partial charge in [0.25, 0.3) is 0 Å². The van der Waals surface area contributed by atoms with Crippen molar-refractivity contribution < 1.29 is 14.3 Å². The van der Waals surface area contributed by atoms with Crippen LogP contribution in [-0.4, -0.2) is 36.4 Å². The number of hydrogen-bond donors (Lipinski definition) is 1. The van der Waals surface area contributed by atoms with Gasteiger partial charge in [0, 0.05) is 23.1 Å². The molecule has 0 aliphatic rings. The minimum Gasteiger partial charge on any atom is -0.497 e. The number of hydrogen-bond acceptors (Lipinski definition) is 3. The van der Waals surface area contributed by atoms with Crippen LogP contribution in [0.3, 0.4) is 0 Å². The number of carbonyl (C=O) groups is 2. The van der Waals surface area contributed by atoms with E-state index in [0.29, 0.717) is 34.3 Å². The fourth-order valence-electron chi connectivity index (χ4n) is 3.11. The van der Waals surface area contributed by atoms with Crippen LogP contribution in [0.1, 0.15) is 31.4 Å². The number of carbonyl (C=O) groups excluding carboxylic acids is 2. The van der Waals surface area contributed by atoms with Gasteiger partial charge in [-0.15, -0.1) is 0 Å². The summed E-state index contributed by atoms with van der Waals surface area (Å²) in [5.41, 5.74) is 1.55. The number of ether oxygens (including phenoxy) is 1. The second kappa shape index (κ2) is 11.1. The SMILES string of the molecule is CCNC(=O)[C@H](CC)N(Cc1cccc(OC)c1)C(=O)Cc1ccc(Cl)cc1Cl. The van der Waals surface area contributed by atoms with E-state index in [-0.39, 0.29) is 24.8 Å². The lowest BCUT2D eigenvalue weighted by atomic mass is 10.1. The third-order valence-corrected chi connectivity index (χ3v) is 5.17. The summed E-state index contributed by atoms with van der Waals surface area (Å²) in [6.07, 6.45) is 0.575. The molecule has 2 amide bonds. The van der Waals surface area contributed by atoms with Crippen LogP contribution in [0, 0.1) is 0 Å². The molecule has 0 aliphatic carbocycles. The molecule has 7 heteroatoms. The van der Waals surface area contributed by atoms with Crippen molar-refractivity contribution in [3.63, 3.8) is 0 Å². The molecule has 0 heterocycles. The zero-order valence-electron chi connectivity index (χ0n) is 16.9. The molecule has 0 fully saturated rings. The Kier molecular flexibility index (Phi) is 8.80. The summed E-state index contributed by atoms with van der Waals surface area (Å²) in [4.78, 5) is 27.5. The van der Waals surface area contributed by atoms with E-state index in [4.69, 9.17) is 27.9 Å². The molecule has 0 aliphatic heterocycles. The smallest absolute Gasteiger partial charge is 0.242 e. The van der Waals surface area contributed by atoms with Crippen LogP contribution in [0.5, 0.6) is 5.75 Å². The fraction of sp³-hybridized carbons (Fsp3) is 0.364. The lowest BCUT2D eigenvalue weighted by Crippen LogP contribution is -2.49. The van der Waals surface area contributed by atoms with Gasteiger partial charge in [0.15, 0.2) is 0 Å². The second-order valence-corrected chi connectivity index (χ2v) is 7.45. The van der Waals surface area contributed by atoms with Gasteiger partial charge in [0.2, 0.25) is 11.8 Å². The lowest BCUT2D eigenvalue weighted by molar-refractivity contribution is -0.140. The van der Waals surface area contributed by atoms with E-state index < -0.39 is 6.04 Å². The van der Waals surface area contributed by atoms with E-state index in [9.17, 15) is 9.59 Å². The van der Waals surface area contributed by atoms with Crippen molar-refractivity contribution in [2.45, 2.75) is 39.3 Å². The third-order valence-electron chi connectivity index (χ3n) is 4.58. The maximum atomic E-state index is 13.2. The Morgan fingerprint density at radius 1 is 1.14 bits per heavy atom. The molecule has 0 saturated heterocycles. The first-order valence-corrected chi connectivity index (χ1v) is 10.3. The number of likely N-dealkylation sites (N-methyl/N-ethyl adjacent to an activating group) is 1. The normalized spacial score (nSPS) is 11.6. The van der Waals surface area contributed by atoms with Gasteiger partial charge in [0.1, 0.15) is 11.8 Å². The molecule has 2 aromatic carbocycles. The van der Waals surface area contributed by atoms with Gasteiger partial charge in [0.05, 0.1) is 13.5 Å². The van der Waals surface area contributed by atoms with Crippen LogP contribution in [0.4, 0.5) is 0 Å². The number of amides is 2. The quantitative estimate of drug-likeness (QED) is 0.629. The van der Waals surface area contributed by atoms with E-state index in [2.05, 4.69) is 5.32 Å². The van der Waals surface area contributed by atoms with Crippen LogP contribution in [0.2, 0.25) is 10.0 Å². The van der Waals surface area contributed by atoms with Crippen LogP contribution >= 0.6 is 23.2 Å². The first-order chi connectivity index (χ1) is 13.9. The van der Waals surface area contributed by atoms with Gasteiger partial charge in [-0.25, -0.2) is 0 Å². The number of benzene rings is 2. The van der Waals surface area contributed by atoms with Crippen molar-refractivity contribution in [3.05, 3.63) is 63.6 Å². The monoisotopic (exact) mass is 436 g/mol. The van der Waals surface area contributed by atoms with Gasteiger partial charge >= 0.3 is 0 Å². The number of methoxy groups -OCH3 is 1. The van der Waals surface area contributed by atoms with Crippen molar-refractivity contribution in [1.82, 2.24) is 10.2 Å². The fourth-order valence-corrected chi connectivity index (χ4v) is 3.58. The summed E-state index contributed by atoms with van der Waals surface area (Å²) in [7, 11) is 1.59. The minimum atomic E-state index is -0.584. The van der Waals surface area contributed by atoms with Crippen molar-refractivity contribution >= 4 is 35.0 Å². The highest BCUT2D eigenvalue weighted by atomic mass is 35.5. The van der Waals surface area contributed by atoms with Crippen molar-refractivity contribution in [1.29, 1.82) is 0 Å². The number of rotatable bonds is 9. The molecule has 2 rings (SSSR count). The zero-order chi connectivity index (χ0) is 21.4. The summed E-state index contributed by atoms with van der Waals surface area (Å²) < 4.78 is 5.28. The summed E-state index contributed by atoms with van der Waals surface area (Å²) in [5, 5.41) is 3.76. The number of halogens is 2. The molecule has 1 N–H and O–H groups in total. The maximum Gasteiger partial charge on any atom is 0.242 e. The van der Waals surface area contributed by atoms with Gasteiger partial charge < -0.3 is 15.0 Å². The third kappa shape index (κ3) is 6.38. The Bertz CT molecular complexity index is 858. The Morgan fingerprint density at radius 2 is 1.90 bits per heavy atom. The van der Waals surface area contributed by atoms with Crippen LogP contribution in [0.25, 0.3) is 0 Å². The topological polar surface area (TPSA) is 58.6 Å². The van der Waals surface area contributed by atoms with Gasteiger partial charge in [-0.1, -0.05) is 48.3 Å². The standard InChI is InChI=1S/C22H26Cl2N2O3/c1-4-20(22(28)25-5-2)26(14-15-7-6-8-18(11-15)29-3)21(27)12-16-9-10-17(23)13-19(16)24/h6-11,13,20H,4-5,12,14H2,1-3H3,(H,25,28)/t20-/m0/s1. The molecular formula is C22H26Cl2N2O3. The average molecular weight is 437 g/mol. The molecule has 156 valence electrons. The number of nitrogens with one attached hydrogen (secondary N) is 1. The Morgan fingerprint density at radius 3 is 2.52 bits per heavy atom. The van der Waals surface area contributed by atoms with Crippen molar-refractivity contribution in [2.75, 3.05) is 13.7 Å². The first-order valence-electron chi connectivity index (χ1n) is 9.53. The summed E-state index contributed by atoms with van der Waals surface area (Å²) in [6.45, 7) is 4.53. The summed E-state index contributed by atoms with van der Waals surface area (Å²) >= 11 is 12.2. The maximum absolute atomic E-state index is 13.2. The van der Waals surface area contributed by atoms with Crippen LogP contribution in [0.15, 0.2) is 42.5 Å². The molecule has 0 bridgehead atoms. The highest BCUT2D eigenvalue weighted by molar-refractivity contribution is 6.35. The van der Waals surface area contributed by atoms with Gasteiger partial charge in [-0.05, 0) is 48.7 Å². The van der Waals surface area contributed by atoms with Gasteiger partial charge in [-0.2, -0.15) is 0 Å². The average Bonchev–Trinajstić information content (AvgIpc) is 2.70. The molecule has 1 atom stereocenters. The summed E-state index contributed by atoms with van der Waals surface area (Å²) in [5.74, 6) is 0.338. The largest absolute Gasteiger partial charge is 0.497 e. The molecule has 0 radical (unpaired) electrons. The first kappa shape index (κ1) is 23.0. The molecule has 0 aromatic heterocycles. The predicted octanol–water partition coefficient (Wildman–Crippen LogP) is 4.49. The molecule has 5 nitrogen and oxygen atoms in total. The highest BCUT2D eigenvalue weighted by Crippen LogP contribution is 2.23. The predicted molar refractivity (Wildman–Crippen MR) is 116 cm³/mol. The zero-order valence-corrected chi connectivity index (χ0v) is 18.4. The molecular weight excluding hydrogens is 411 g/mol. The Hall–Kier alpha value is -2.24. The van der Waals surface area contributed by atoms with Crippen molar-refractivity contribution in [3.8, 4) is 5.75 Å². The summed E-state index contributed by atoms with van der Waals surface area (Å²) in [6, 6.07) is 11.9. The highest BCUT2D eigenvalue weighted by Gasteiger charge is 2.28. The van der Waals surface area contributed by atoms with Gasteiger partial charge in [-0.3, -0.25) is 9.59 Å². The Balaban J connectivity index is 2.33. The lowest BCUT2D eigenvalue weighted by Gasteiger charge is -2.31. The molecule has 29 heavy (non-hydrogen) atoms. The second-order valence-electron chi connectivity index (χ2n) is 6.60. The molecule has 0 spiro atoms. The van der Waals surface area contributed by atoms with Crippen LogP contribution < -0.4 is 10.1 Å². The van der Waals surface area contributed by atoms with E-state index >= 15 is 0 Å². The number of nitrogens with zero attached hydrogens (tertiary/aromatic N) is 1. The van der Waals surface area contributed by atoms with E-state index in [1.165, 1.54) is 0 Å². The molecule has 2 aromatic rings. The Labute approximate surface area is 181 Å².